The number of benzene rings is 1. The van der Waals surface area contributed by atoms with Gasteiger partial charge in [0.15, 0.2) is 0 Å². The first-order valence-corrected chi connectivity index (χ1v) is 6.11. The van der Waals surface area contributed by atoms with Gasteiger partial charge in [-0.3, -0.25) is 4.79 Å². The number of ketones is 1. The summed E-state index contributed by atoms with van der Waals surface area (Å²) in [7, 11) is 1.64. The lowest BCUT2D eigenvalue weighted by molar-refractivity contribution is -0.122. The normalized spacial score (nSPS) is 20.5. The van der Waals surface area contributed by atoms with Crippen molar-refractivity contribution in [2.24, 2.45) is 5.92 Å². The zero-order valence-electron chi connectivity index (χ0n) is 10.1. The van der Waals surface area contributed by atoms with Crippen molar-refractivity contribution < 1.29 is 9.53 Å². The van der Waals surface area contributed by atoms with E-state index in [0.717, 1.165) is 24.5 Å². The average Bonchev–Trinajstić information content (AvgIpc) is 2.32. The molecule has 0 spiro atoms. The molecule has 1 fully saturated rings. The van der Waals surface area contributed by atoms with E-state index in [2.05, 4.69) is 4.90 Å². The molecule has 1 heterocycles. The van der Waals surface area contributed by atoms with E-state index < -0.39 is 0 Å². The van der Waals surface area contributed by atoms with Crippen molar-refractivity contribution >= 4 is 23.1 Å². The predicted octanol–water partition coefficient (Wildman–Crippen LogP) is 2.76. The van der Waals surface area contributed by atoms with E-state index in [0.29, 0.717) is 17.2 Å². The Labute approximate surface area is 106 Å². The molecular weight excluding hydrogens is 238 g/mol. The van der Waals surface area contributed by atoms with Crippen molar-refractivity contribution in [3.8, 4) is 5.75 Å². The van der Waals surface area contributed by atoms with Gasteiger partial charge in [0.25, 0.3) is 0 Å². The van der Waals surface area contributed by atoms with Crippen LogP contribution in [0, 0.1) is 5.92 Å². The second kappa shape index (κ2) is 4.96. The van der Waals surface area contributed by atoms with Crippen molar-refractivity contribution in [2.75, 3.05) is 25.1 Å². The highest BCUT2D eigenvalue weighted by Gasteiger charge is 2.25. The van der Waals surface area contributed by atoms with Gasteiger partial charge in [0.1, 0.15) is 11.5 Å². The zero-order chi connectivity index (χ0) is 12.4. The summed E-state index contributed by atoms with van der Waals surface area (Å²) in [6.07, 6.45) is 0.594. The van der Waals surface area contributed by atoms with Crippen molar-refractivity contribution in [1.82, 2.24) is 0 Å². The molecule has 0 radical (unpaired) electrons. The Morgan fingerprint density at radius 2 is 2.24 bits per heavy atom. The maximum absolute atomic E-state index is 11.5. The minimum atomic E-state index is 0.0763. The van der Waals surface area contributed by atoms with Crippen LogP contribution in [-0.2, 0) is 4.79 Å². The maximum Gasteiger partial charge on any atom is 0.142 e. The zero-order valence-corrected chi connectivity index (χ0v) is 10.8. The Balaban J connectivity index is 2.27. The number of hydrogen-bond donors (Lipinski definition) is 0. The molecule has 1 saturated heterocycles. The van der Waals surface area contributed by atoms with Gasteiger partial charge in [-0.1, -0.05) is 18.5 Å². The van der Waals surface area contributed by atoms with Gasteiger partial charge in [0, 0.05) is 30.5 Å². The Hall–Kier alpha value is -1.22. The lowest BCUT2D eigenvalue weighted by atomic mass is 9.98. The summed E-state index contributed by atoms with van der Waals surface area (Å²) >= 11 is 6.01. The van der Waals surface area contributed by atoms with Gasteiger partial charge >= 0.3 is 0 Å². The fraction of sp³-hybridized carbons (Fsp3) is 0.462. The van der Waals surface area contributed by atoms with E-state index in [1.807, 2.05) is 25.1 Å². The van der Waals surface area contributed by atoms with Gasteiger partial charge < -0.3 is 9.64 Å². The van der Waals surface area contributed by atoms with Crippen molar-refractivity contribution in [2.45, 2.75) is 13.3 Å². The van der Waals surface area contributed by atoms with Gasteiger partial charge in [-0.2, -0.15) is 0 Å². The van der Waals surface area contributed by atoms with Gasteiger partial charge in [-0.25, -0.2) is 0 Å². The van der Waals surface area contributed by atoms with Crippen LogP contribution in [-0.4, -0.2) is 26.0 Å². The number of nitrogens with zero attached hydrogens (tertiary/aromatic N) is 1. The molecule has 2 rings (SSSR count). The van der Waals surface area contributed by atoms with Crippen LogP contribution < -0.4 is 9.64 Å². The smallest absolute Gasteiger partial charge is 0.142 e. The van der Waals surface area contributed by atoms with E-state index in [1.54, 1.807) is 7.11 Å². The third-order valence-corrected chi connectivity index (χ3v) is 3.39. The predicted molar refractivity (Wildman–Crippen MR) is 69.0 cm³/mol. The van der Waals surface area contributed by atoms with Crippen LogP contribution in [0.25, 0.3) is 0 Å². The number of hydrogen-bond acceptors (Lipinski definition) is 3. The molecule has 92 valence electrons. The largest absolute Gasteiger partial charge is 0.495 e. The van der Waals surface area contributed by atoms with Crippen molar-refractivity contribution in [3.05, 3.63) is 23.2 Å². The van der Waals surface area contributed by atoms with E-state index >= 15 is 0 Å². The van der Waals surface area contributed by atoms with E-state index in [9.17, 15) is 4.79 Å². The molecule has 0 saturated carbocycles. The number of anilines is 1. The molecule has 1 aromatic carbocycles. The van der Waals surface area contributed by atoms with Crippen LogP contribution in [0.5, 0.6) is 5.75 Å². The summed E-state index contributed by atoms with van der Waals surface area (Å²) < 4.78 is 5.33. The molecule has 4 heteroatoms. The van der Waals surface area contributed by atoms with E-state index in [-0.39, 0.29) is 5.92 Å². The van der Waals surface area contributed by atoms with Gasteiger partial charge in [-0.15, -0.1) is 0 Å². The quantitative estimate of drug-likeness (QED) is 0.812. The molecule has 0 bridgehead atoms. The summed E-state index contributed by atoms with van der Waals surface area (Å²) in [5, 5.41) is 0.686. The number of piperidine rings is 1. The number of carbonyl (C=O) groups excluding carboxylic acids is 1. The Morgan fingerprint density at radius 3 is 2.88 bits per heavy atom. The van der Waals surface area contributed by atoms with E-state index in [4.69, 9.17) is 16.3 Å². The third kappa shape index (κ3) is 2.55. The molecule has 0 N–H and O–H groups in total. The first-order chi connectivity index (χ1) is 8.11. The minimum Gasteiger partial charge on any atom is -0.495 e. The number of Topliss-reactive ketones (excluding diaryl/α,β-unsaturated/α-hetero) is 1. The van der Waals surface area contributed by atoms with Crippen LogP contribution in [0.15, 0.2) is 18.2 Å². The number of halogens is 1. The molecule has 0 aliphatic carbocycles. The molecule has 1 atom stereocenters. The molecular formula is C13H16ClNO2. The Kier molecular flexibility index (Phi) is 3.57. The third-order valence-electron chi connectivity index (χ3n) is 3.15. The average molecular weight is 254 g/mol. The SMILES string of the molecule is COc1ccc(Cl)cc1N1CCC(=O)C(C)C1. The number of ether oxygens (including phenoxy) is 1. The summed E-state index contributed by atoms with van der Waals surface area (Å²) in [6.45, 7) is 3.43. The highest BCUT2D eigenvalue weighted by molar-refractivity contribution is 6.30. The lowest BCUT2D eigenvalue weighted by Crippen LogP contribution is -2.39. The lowest BCUT2D eigenvalue weighted by Gasteiger charge is -2.32. The summed E-state index contributed by atoms with van der Waals surface area (Å²) in [5.41, 5.74) is 0.972. The summed E-state index contributed by atoms with van der Waals surface area (Å²) in [6, 6.07) is 5.56. The monoisotopic (exact) mass is 253 g/mol. The highest BCUT2D eigenvalue weighted by atomic mass is 35.5. The summed E-state index contributed by atoms with van der Waals surface area (Å²) in [4.78, 5) is 13.7. The topological polar surface area (TPSA) is 29.5 Å². The Bertz CT molecular complexity index is 433. The van der Waals surface area contributed by atoms with Gasteiger partial charge in [0.05, 0.1) is 12.8 Å². The van der Waals surface area contributed by atoms with Gasteiger partial charge in [-0.05, 0) is 18.2 Å². The number of methoxy groups -OCH3 is 1. The number of rotatable bonds is 2. The maximum atomic E-state index is 11.5. The second-order valence-corrected chi connectivity index (χ2v) is 4.82. The van der Waals surface area contributed by atoms with Crippen molar-refractivity contribution in [1.29, 1.82) is 0 Å². The molecule has 1 aliphatic rings. The highest BCUT2D eigenvalue weighted by Crippen LogP contribution is 2.33. The fourth-order valence-electron chi connectivity index (χ4n) is 2.14. The van der Waals surface area contributed by atoms with E-state index in [1.165, 1.54) is 0 Å². The molecule has 3 nitrogen and oxygen atoms in total. The molecule has 1 aromatic rings. The van der Waals surface area contributed by atoms with Crippen LogP contribution in [0.2, 0.25) is 5.02 Å². The second-order valence-electron chi connectivity index (χ2n) is 4.38. The number of carbonyl (C=O) groups is 1. The standard InChI is InChI=1S/C13H16ClNO2/c1-9-8-15(6-5-12(9)16)11-7-10(14)3-4-13(11)17-2/h3-4,7,9H,5-6,8H2,1-2H3. The molecule has 17 heavy (non-hydrogen) atoms. The first kappa shape index (κ1) is 12.2. The van der Waals surface area contributed by atoms with Crippen LogP contribution >= 0.6 is 11.6 Å². The first-order valence-electron chi connectivity index (χ1n) is 5.73. The molecule has 1 unspecified atom stereocenters. The van der Waals surface area contributed by atoms with Crippen LogP contribution in [0.3, 0.4) is 0 Å². The summed E-state index contributed by atoms with van der Waals surface area (Å²) in [5.74, 6) is 1.21. The van der Waals surface area contributed by atoms with Crippen molar-refractivity contribution in [3.63, 3.8) is 0 Å². The Morgan fingerprint density at radius 1 is 1.47 bits per heavy atom. The minimum absolute atomic E-state index is 0.0763. The van der Waals surface area contributed by atoms with Crippen LogP contribution in [0.4, 0.5) is 5.69 Å². The van der Waals surface area contributed by atoms with Crippen LogP contribution in [0.1, 0.15) is 13.3 Å². The fourth-order valence-corrected chi connectivity index (χ4v) is 2.31. The molecule has 0 aromatic heterocycles. The molecule has 1 aliphatic heterocycles. The van der Waals surface area contributed by atoms with Gasteiger partial charge in [0.2, 0.25) is 0 Å². The molecule has 0 amide bonds.